The Kier molecular flexibility index (Phi) is 4.81. The van der Waals surface area contributed by atoms with Crippen molar-refractivity contribution in [2.24, 2.45) is 0 Å². The largest absolute Gasteiger partial charge is 0.442 e. The van der Waals surface area contributed by atoms with Gasteiger partial charge in [-0.3, -0.25) is 4.79 Å². The van der Waals surface area contributed by atoms with Crippen molar-refractivity contribution in [1.29, 1.82) is 0 Å². The predicted molar refractivity (Wildman–Crippen MR) is 94.6 cm³/mol. The number of rotatable bonds is 4. The molecule has 134 valence electrons. The summed E-state index contributed by atoms with van der Waals surface area (Å²) in [6.07, 6.45) is 1.80. The maximum Gasteiger partial charge on any atom is 0.264 e. The van der Waals surface area contributed by atoms with E-state index in [2.05, 4.69) is 4.98 Å². The molecule has 0 bridgehead atoms. The SMILES string of the molecule is O=C(c1cccs1)N1CCO[C@@H](c2ncc(Cc3ccc(F)cc3)o2)C1. The molecule has 2 aromatic heterocycles. The van der Waals surface area contributed by atoms with Gasteiger partial charge >= 0.3 is 0 Å². The number of oxazole rings is 1. The summed E-state index contributed by atoms with van der Waals surface area (Å²) in [4.78, 5) is 19.3. The molecule has 0 N–H and O–H groups in total. The quantitative estimate of drug-likeness (QED) is 0.701. The molecule has 3 heterocycles. The Morgan fingerprint density at radius 1 is 1.31 bits per heavy atom. The lowest BCUT2D eigenvalue weighted by Crippen LogP contribution is -2.42. The van der Waals surface area contributed by atoms with E-state index in [-0.39, 0.29) is 17.8 Å². The van der Waals surface area contributed by atoms with Gasteiger partial charge < -0.3 is 14.1 Å². The first-order chi connectivity index (χ1) is 12.7. The number of amides is 1. The molecule has 0 aliphatic carbocycles. The van der Waals surface area contributed by atoms with Crippen molar-refractivity contribution in [2.45, 2.75) is 12.5 Å². The van der Waals surface area contributed by atoms with Crippen molar-refractivity contribution in [3.63, 3.8) is 0 Å². The Balaban J connectivity index is 1.43. The van der Waals surface area contributed by atoms with Crippen LogP contribution in [0.4, 0.5) is 4.39 Å². The molecule has 0 saturated carbocycles. The third kappa shape index (κ3) is 3.68. The normalized spacial score (nSPS) is 17.4. The van der Waals surface area contributed by atoms with Crippen molar-refractivity contribution < 1.29 is 18.3 Å². The maximum atomic E-state index is 13.0. The molecule has 1 aliphatic heterocycles. The fourth-order valence-electron chi connectivity index (χ4n) is 2.90. The Hall–Kier alpha value is -2.51. The molecule has 0 spiro atoms. The second-order valence-electron chi connectivity index (χ2n) is 6.06. The van der Waals surface area contributed by atoms with Crippen LogP contribution in [0.3, 0.4) is 0 Å². The number of carbonyl (C=O) groups excluding carboxylic acids is 1. The van der Waals surface area contributed by atoms with E-state index in [1.165, 1.54) is 23.5 Å². The van der Waals surface area contributed by atoms with Crippen LogP contribution in [0.15, 0.2) is 52.4 Å². The summed E-state index contributed by atoms with van der Waals surface area (Å²) in [5.41, 5.74) is 0.938. The Labute approximate surface area is 154 Å². The van der Waals surface area contributed by atoms with Gasteiger partial charge in [-0.1, -0.05) is 18.2 Å². The Morgan fingerprint density at radius 3 is 2.92 bits per heavy atom. The number of aromatic nitrogens is 1. The minimum Gasteiger partial charge on any atom is -0.442 e. The van der Waals surface area contributed by atoms with Gasteiger partial charge in [-0.25, -0.2) is 9.37 Å². The van der Waals surface area contributed by atoms with Crippen molar-refractivity contribution in [3.8, 4) is 0 Å². The predicted octanol–water partition coefficient (Wildman–Crippen LogP) is 3.68. The highest BCUT2D eigenvalue weighted by molar-refractivity contribution is 7.12. The zero-order valence-electron chi connectivity index (χ0n) is 13.9. The highest BCUT2D eigenvalue weighted by atomic mass is 32.1. The number of hydrogen-bond acceptors (Lipinski definition) is 5. The van der Waals surface area contributed by atoms with E-state index in [9.17, 15) is 9.18 Å². The molecule has 4 rings (SSSR count). The van der Waals surface area contributed by atoms with E-state index < -0.39 is 0 Å². The third-order valence-electron chi connectivity index (χ3n) is 4.22. The standard InChI is InChI=1S/C19H17FN2O3S/c20-14-5-3-13(4-6-14)10-15-11-21-18(25-15)16-12-22(7-8-24-16)19(23)17-2-1-9-26-17/h1-6,9,11,16H,7-8,10,12H2/t16-/m1/s1. The molecule has 1 atom stereocenters. The van der Waals surface area contributed by atoms with Crippen molar-refractivity contribution in [2.75, 3.05) is 19.7 Å². The second kappa shape index (κ2) is 7.39. The van der Waals surface area contributed by atoms with Crippen LogP contribution >= 0.6 is 11.3 Å². The van der Waals surface area contributed by atoms with Gasteiger partial charge in [0.2, 0.25) is 5.89 Å². The fraction of sp³-hybridized carbons (Fsp3) is 0.263. The average Bonchev–Trinajstić information content (AvgIpc) is 3.35. The van der Waals surface area contributed by atoms with Crippen molar-refractivity contribution >= 4 is 17.2 Å². The van der Waals surface area contributed by atoms with E-state index in [0.29, 0.717) is 37.8 Å². The van der Waals surface area contributed by atoms with Gasteiger partial charge in [0.25, 0.3) is 5.91 Å². The smallest absolute Gasteiger partial charge is 0.264 e. The topological polar surface area (TPSA) is 55.6 Å². The minimum atomic E-state index is -0.380. The lowest BCUT2D eigenvalue weighted by Gasteiger charge is -2.31. The number of morpholine rings is 1. The van der Waals surface area contributed by atoms with Crippen LogP contribution in [-0.2, 0) is 11.2 Å². The molecule has 5 nitrogen and oxygen atoms in total. The lowest BCUT2D eigenvalue weighted by atomic mass is 10.1. The number of halogens is 1. The molecule has 0 unspecified atom stereocenters. The zero-order chi connectivity index (χ0) is 17.9. The van der Waals surface area contributed by atoms with E-state index in [1.807, 2.05) is 17.5 Å². The van der Waals surface area contributed by atoms with Gasteiger partial charge in [0, 0.05) is 13.0 Å². The highest BCUT2D eigenvalue weighted by Crippen LogP contribution is 2.25. The van der Waals surface area contributed by atoms with Gasteiger partial charge in [0.05, 0.1) is 24.2 Å². The molecule has 1 fully saturated rings. The average molecular weight is 372 g/mol. The van der Waals surface area contributed by atoms with Gasteiger partial charge in [-0.15, -0.1) is 11.3 Å². The van der Waals surface area contributed by atoms with Crippen LogP contribution in [0.5, 0.6) is 0 Å². The van der Waals surface area contributed by atoms with E-state index in [0.717, 1.165) is 10.4 Å². The van der Waals surface area contributed by atoms with Crippen LogP contribution in [-0.4, -0.2) is 35.5 Å². The summed E-state index contributed by atoms with van der Waals surface area (Å²) in [7, 11) is 0. The molecule has 1 aliphatic rings. The van der Waals surface area contributed by atoms with Crippen LogP contribution in [0.2, 0.25) is 0 Å². The van der Waals surface area contributed by atoms with Gasteiger partial charge in [0.1, 0.15) is 11.6 Å². The maximum absolute atomic E-state index is 13.0. The van der Waals surface area contributed by atoms with Crippen LogP contribution in [0.1, 0.15) is 33.0 Å². The highest BCUT2D eigenvalue weighted by Gasteiger charge is 2.29. The van der Waals surface area contributed by atoms with E-state index >= 15 is 0 Å². The summed E-state index contributed by atoms with van der Waals surface area (Å²) in [5, 5.41) is 1.89. The number of thiophene rings is 1. The van der Waals surface area contributed by atoms with Crippen LogP contribution < -0.4 is 0 Å². The minimum absolute atomic E-state index is 0.00592. The van der Waals surface area contributed by atoms with Crippen LogP contribution in [0, 0.1) is 5.82 Å². The van der Waals surface area contributed by atoms with E-state index in [4.69, 9.17) is 9.15 Å². The lowest BCUT2D eigenvalue weighted by molar-refractivity contribution is -0.0347. The first-order valence-corrected chi connectivity index (χ1v) is 9.20. The first kappa shape index (κ1) is 16.9. The molecule has 0 radical (unpaired) electrons. The molecular formula is C19H17FN2O3S. The molecule has 1 amide bonds. The number of ether oxygens (including phenoxy) is 1. The molecule has 7 heteroatoms. The molecule has 26 heavy (non-hydrogen) atoms. The summed E-state index contributed by atoms with van der Waals surface area (Å²) in [6, 6.07) is 9.97. The number of hydrogen-bond donors (Lipinski definition) is 0. The molecule has 3 aromatic rings. The summed E-state index contributed by atoms with van der Waals surface area (Å²) in [6.45, 7) is 1.40. The Morgan fingerprint density at radius 2 is 2.15 bits per heavy atom. The van der Waals surface area contributed by atoms with Gasteiger partial charge in [0.15, 0.2) is 6.10 Å². The molecule has 1 saturated heterocycles. The summed E-state index contributed by atoms with van der Waals surface area (Å²) >= 11 is 1.43. The van der Waals surface area contributed by atoms with Crippen LogP contribution in [0.25, 0.3) is 0 Å². The second-order valence-corrected chi connectivity index (χ2v) is 7.00. The van der Waals surface area contributed by atoms with Gasteiger partial charge in [-0.2, -0.15) is 0 Å². The first-order valence-electron chi connectivity index (χ1n) is 8.32. The number of nitrogens with zero attached hydrogens (tertiary/aromatic N) is 2. The Bertz CT molecular complexity index is 877. The monoisotopic (exact) mass is 372 g/mol. The van der Waals surface area contributed by atoms with E-state index in [1.54, 1.807) is 23.2 Å². The third-order valence-corrected chi connectivity index (χ3v) is 5.08. The summed E-state index contributed by atoms with van der Waals surface area (Å²) in [5.74, 6) is 0.882. The summed E-state index contributed by atoms with van der Waals surface area (Å²) < 4.78 is 24.5. The fourth-order valence-corrected chi connectivity index (χ4v) is 3.59. The zero-order valence-corrected chi connectivity index (χ0v) is 14.7. The molecular weight excluding hydrogens is 355 g/mol. The van der Waals surface area contributed by atoms with Gasteiger partial charge in [-0.05, 0) is 29.1 Å². The van der Waals surface area contributed by atoms with Crippen molar-refractivity contribution in [3.05, 3.63) is 75.9 Å². The molecule has 1 aromatic carbocycles. The van der Waals surface area contributed by atoms with Crippen molar-refractivity contribution in [1.82, 2.24) is 9.88 Å². The number of benzene rings is 1. The number of carbonyl (C=O) groups is 1.